The topological polar surface area (TPSA) is 66.8 Å². The van der Waals surface area contributed by atoms with Crippen molar-refractivity contribution in [3.63, 3.8) is 0 Å². The summed E-state index contributed by atoms with van der Waals surface area (Å²) in [5, 5.41) is 10.7. The molecule has 160 valence electrons. The van der Waals surface area contributed by atoms with Gasteiger partial charge in [-0.2, -0.15) is 0 Å². The molecular weight excluding hydrogens is 366 g/mol. The predicted octanol–water partition coefficient (Wildman–Crippen LogP) is 4.88. The molecule has 2 rings (SSSR count). The average molecular weight is 402 g/mol. The number of amides is 2. The molecular formula is C24H35NO4. The standard InChI is InChI=1S/C24H35NO4/c1-4-5-6-7-8-10-13-18(2)22(26)19(3)23(27)25-21(17-29-24(25)28)16-20-14-11-9-12-15-20/h9,11-15,19,21-22,26H,4-8,10,16-17H2,1-3H3/b18-13+/t19-,21+,22-/m1/s1. The number of ether oxygens (including phenoxy) is 1. The highest BCUT2D eigenvalue weighted by atomic mass is 16.6. The van der Waals surface area contributed by atoms with Gasteiger partial charge in [0.1, 0.15) is 6.61 Å². The molecule has 0 radical (unpaired) electrons. The first-order chi connectivity index (χ1) is 14.0. The van der Waals surface area contributed by atoms with Gasteiger partial charge in [0.15, 0.2) is 0 Å². The number of benzene rings is 1. The van der Waals surface area contributed by atoms with E-state index >= 15 is 0 Å². The molecule has 1 N–H and O–H groups in total. The SMILES string of the molecule is CCCCCCC/C=C(\C)[C@@H](O)[C@@H](C)C(=O)N1C(=O)OC[C@@H]1Cc1ccccc1. The molecule has 1 aliphatic rings. The summed E-state index contributed by atoms with van der Waals surface area (Å²) in [6, 6.07) is 9.40. The van der Waals surface area contributed by atoms with E-state index in [4.69, 9.17) is 4.74 Å². The van der Waals surface area contributed by atoms with Crippen LogP contribution in [0.1, 0.15) is 64.9 Å². The smallest absolute Gasteiger partial charge is 0.416 e. The Kier molecular flexibility index (Phi) is 9.39. The second kappa shape index (κ2) is 11.8. The summed E-state index contributed by atoms with van der Waals surface area (Å²) in [6.45, 7) is 5.91. The maximum atomic E-state index is 13.0. The van der Waals surface area contributed by atoms with E-state index in [1.165, 1.54) is 30.6 Å². The van der Waals surface area contributed by atoms with Crippen molar-refractivity contribution in [2.24, 2.45) is 5.92 Å². The molecule has 5 nitrogen and oxygen atoms in total. The number of hydrogen-bond acceptors (Lipinski definition) is 4. The lowest BCUT2D eigenvalue weighted by atomic mass is 9.95. The first-order valence-corrected chi connectivity index (χ1v) is 10.8. The Bertz CT molecular complexity index is 685. The minimum Gasteiger partial charge on any atom is -0.447 e. The largest absolute Gasteiger partial charge is 0.447 e. The lowest BCUT2D eigenvalue weighted by Crippen LogP contribution is -2.45. The first-order valence-electron chi connectivity index (χ1n) is 10.8. The van der Waals surface area contributed by atoms with E-state index in [-0.39, 0.29) is 18.6 Å². The maximum Gasteiger partial charge on any atom is 0.416 e. The van der Waals surface area contributed by atoms with E-state index in [0.717, 1.165) is 24.0 Å². The van der Waals surface area contributed by atoms with Gasteiger partial charge in [-0.15, -0.1) is 0 Å². The summed E-state index contributed by atoms with van der Waals surface area (Å²) >= 11 is 0. The lowest BCUT2D eigenvalue weighted by Gasteiger charge is -2.26. The van der Waals surface area contributed by atoms with Crippen molar-refractivity contribution in [1.29, 1.82) is 0 Å². The Morgan fingerprint density at radius 1 is 1.24 bits per heavy atom. The molecule has 29 heavy (non-hydrogen) atoms. The van der Waals surface area contributed by atoms with Gasteiger partial charge in [-0.05, 0) is 37.3 Å². The third kappa shape index (κ3) is 6.70. The minimum atomic E-state index is -0.899. The van der Waals surface area contributed by atoms with Gasteiger partial charge in [0.05, 0.1) is 18.1 Å². The summed E-state index contributed by atoms with van der Waals surface area (Å²) in [6.07, 6.45) is 7.93. The Hall–Kier alpha value is -2.14. The second-order valence-corrected chi connectivity index (χ2v) is 8.01. The van der Waals surface area contributed by atoms with E-state index < -0.39 is 18.1 Å². The van der Waals surface area contributed by atoms with Gasteiger partial charge in [-0.3, -0.25) is 4.79 Å². The Morgan fingerprint density at radius 2 is 1.93 bits per heavy atom. The van der Waals surface area contributed by atoms with Crippen LogP contribution in [-0.4, -0.2) is 40.8 Å². The molecule has 5 heteroatoms. The van der Waals surface area contributed by atoms with Crippen molar-refractivity contribution in [2.75, 3.05) is 6.61 Å². The number of aliphatic hydroxyl groups is 1. The monoisotopic (exact) mass is 401 g/mol. The number of rotatable bonds is 11. The highest BCUT2D eigenvalue weighted by Crippen LogP contribution is 2.23. The number of carbonyl (C=O) groups excluding carboxylic acids is 2. The Labute approximate surface area is 174 Å². The summed E-state index contributed by atoms with van der Waals surface area (Å²) in [4.78, 5) is 26.4. The zero-order chi connectivity index (χ0) is 21.2. The number of unbranched alkanes of at least 4 members (excludes halogenated alkanes) is 5. The Balaban J connectivity index is 1.94. The zero-order valence-electron chi connectivity index (χ0n) is 18.0. The molecule has 1 aliphatic heterocycles. The average Bonchev–Trinajstić information content (AvgIpc) is 3.09. The van der Waals surface area contributed by atoms with Crippen LogP contribution in [0.15, 0.2) is 42.0 Å². The fourth-order valence-electron chi connectivity index (χ4n) is 3.71. The zero-order valence-corrected chi connectivity index (χ0v) is 18.0. The van der Waals surface area contributed by atoms with Crippen LogP contribution in [0.25, 0.3) is 0 Å². The van der Waals surface area contributed by atoms with Crippen LogP contribution in [0.5, 0.6) is 0 Å². The third-order valence-corrected chi connectivity index (χ3v) is 5.62. The van der Waals surface area contributed by atoms with Crippen molar-refractivity contribution in [1.82, 2.24) is 4.90 Å². The van der Waals surface area contributed by atoms with Crippen LogP contribution in [0.4, 0.5) is 4.79 Å². The normalized spacial score (nSPS) is 19.2. The van der Waals surface area contributed by atoms with Gasteiger partial charge in [0.2, 0.25) is 5.91 Å². The lowest BCUT2D eigenvalue weighted by molar-refractivity contribution is -0.135. The van der Waals surface area contributed by atoms with E-state index in [0.29, 0.717) is 6.42 Å². The van der Waals surface area contributed by atoms with Crippen molar-refractivity contribution in [3.05, 3.63) is 47.5 Å². The number of cyclic esters (lactones) is 1. The number of carbonyl (C=O) groups is 2. The van der Waals surface area contributed by atoms with Gasteiger partial charge in [0, 0.05) is 0 Å². The molecule has 2 amide bonds. The second-order valence-electron chi connectivity index (χ2n) is 8.01. The van der Waals surface area contributed by atoms with Gasteiger partial charge in [-0.25, -0.2) is 9.69 Å². The van der Waals surface area contributed by atoms with E-state index in [9.17, 15) is 14.7 Å². The fourth-order valence-corrected chi connectivity index (χ4v) is 3.71. The van der Waals surface area contributed by atoms with Crippen LogP contribution >= 0.6 is 0 Å². The molecule has 1 aromatic rings. The summed E-state index contributed by atoms with van der Waals surface area (Å²) in [5.41, 5.74) is 1.83. The molecule has 0 saturated carbocycles. The molecule has 0 aliphatic carbocycles. The van der Waals surface area contributed by atoms with Crippen molar-refractivity contribution in [2.45, 2.75) is 77.9 Å². The first kappa shape index (κ1) is 23.1. The summed E-state index contributed by atoms with van der Waals surface area (Å²) in [5.74, 6) is -1.08. The van der Waals surface area contributed by atoms with Crippen molar-refractivity contribution >= 4 is 12.0 Å². The van der Waals surface area contributed by atoms with E-state index in [1.807, 2.05) is 43.3 Å². The molecule has 3 atom stereocenters. The number of hydrogen-bond donors (Lipinski definition) is 1. The van der Waals surface area contributed by atoms with Crippen LogP contribution in [0, 0.1) is 5.92 Å². The Morgan fingerprint density at radius 3 is 2.62 bits per heavy atom. The third-order valence-electron chi connectivity index (χ3n) is 5.62. The maximum absolute atomic E-state index is 13.0. The van der Waals surface area contributed by atoms with E-state index in [1.54, 1.807) is 6.92 Å². The molecule has 0 bridgehead atoms. The van der Waals surface area contributed by atoms with E-state index in [2.05, 4.69) is 6.92 Å². The molecule has 0 unspecified atom stereocenters. The van der Waals surface area contributed by atoms with Gasteiger partial charge in [0.25, 0.3) is 0 Å². The van der Waals surface area contributed by atoms with Gasteiger partial charge >= 0.3 is 6.09 Å². The van der Waals surface area contributed by atoms with Crippen molar-refractivity contribution < 1.29 is 19.4 Å². The highest BCUT2D eigenvalue weighted by molar-refractivity contribution is 5.95. The predicted molar refractivity (Wildman–Crippen MR) is 114 cm³/mol. The highest BCUT2D eigenvalue weighted by Gasteiger charge is 2.41. The summed E-state index contributed by atoms with van der Waals surface area (Å²) < 4.78 is 5.14. The molecule has 1 aromatic carbocycles. The molecule has 0 aromatic heterocycles. The molecule has 1 fully saturated rings. The van der Waals surface area contributed by atoms with Crippen LogP contribution < -0.4 is 0 Å². The number of aliphatic hydroxyl groups excluding tert-OH is 1. The van der Waals surface area contributed by atoms with Gasteiger partial charge < -0.3 is 9.84 Å². The number of imide groups is 1. The molecule has 0 spiro atoms. The number of allylic oxidation sites excluding steroid dienone is 1. The van der Waals surface area contributed by atoms with Crippen molar-refractivity contribution in [3.8, 4) is 0 Å². The minimum absolute atomic E-state index is 0.189. The molecule has 1 saturated heterocycles. The quantitative estimate of drug-likeness (QED) is 0.424. The molecule has 1 heterocycles. The van der Waals surface area contributed by atoms with Crippen LogP contribution in [-0.2, 0) is 16.0 Å². The number of nitrogens with zero attached hydrogens (tertiary/aromatic N) is 1. The van der Waals surface area contributed by atoms with Crippen LogP contribution in [0.3, 0.4) is 0 Å². The summed E-state index contributed by atoms with van der Waals surface area (Å²) in [7, 11) is 0. The van der Waals surface area contributed by atoms with Gasteiger partial charge in [-0.1, -0.05) is 75.9 Å². The van der Waals surface area contributed by atoms with Crippen LogP contribution in [0.2, 0.25) is 0 Å². The fraction of sp³-hybridized carbons (Fsp3) is 0.583.